The molecule has 1 heterocycles. The molecule has 2 rings (SSSR count). The second kappa shape index (κ2) is 6.57. The summed E-state index contributed by atoms with van der Waals surface area (Å²) in [5.41, 5.74) is 0.538. The first-order valence-corrected chi connectivity index (χ1v) is 7.73. The zero-order valence-electron chi connectivity index (χ0n) is 13.0. The second-order valence-corrected chi connectivity index (χ2v) is 6.93. The highest BCUT2D eigenvalue weighted by Gasteiger charge is 2.36. The summed E-state index contributed by atoms with van der Waals surface area (Å²) >= 11 is 3.35. The number of fused-ring (bicyclic) bond motifs is 1. The van der Waals surface area contributed by atoms with Gasteiger partial charge < -0.3 is 14.9 Å². The number of alkyl carbamates (subject to hydrolysis) is 1. The maximum atomic E-state index is 12.4. The highest BCUT2D eigenvalue weighted by Crippen LogP contribution is 2.30. The van der Waals surface area contributed by atoms with Crippen molar-refractivity contribution < 1.29 is 24.0 Å². The Labute approximate surface area is 142 Å². The first-order chi connectivity index (χ1) is 10.7. The standard InChI is InChI=1S/C15H17BrN2O5/c1-15(2,3)23-14(21)17-11-7-9-6-10(16)4-5-12(9)18(13(11)20)22-8-19/h4-6,8,11H,7H2,1-3H3,(H,17,21)/t11-/m0/s1. The molecule has 1 aromatic rings. The third kappa shape index (κ3) is 4.22. The number of hydrogen-bond donors (Lipinski definition) is 1. The van der Waals surface area contributed by atoms with Crippen LogP contribution in [-0.2, 0) is 25.6 Å². The van der Waals surface area contributed by atoms with E-state index in [2.05, 4.69) is 21.2 Å². The van der Waals surface area contributed by atoms with Gasteiger partial charge >= 0.3 is 12.6 Å². The van der Waals surface area contributed by atoms with Gasteiger partial charge in [0.25, 0.3) is 5.91 Å². The Kier molecular flexibility index (Phi) is 4.93. The summed E-state index contributed by atoms with van der Waals surface area (Å²) in [6, 6.07) is 4.30. The van der Waals surface area contributed by atoms with Crippen LogP contribution in [0.15, 0.2) is 22.7 Å². The van der Waals surface area contributed by atoms with E-state index in [1.54, 1.807) is 39.0 Å². The molecule has 0 saturated heterocycles. The molecule has 0 bridgehead atoms. The first-order valence-electron chi connectivity index (χ1n) is 6.93. The van der Waals surface area contributed by atoms with Gasteiger partial charge in [0.15, 0.2) is 0 Å². The molecule has 7 nitrogen and oxygen atoms in total. The molecule has 1 aliphatic heterocycles. The van der Waals surface area contributed by atoms with Crippen LogP contribution in [0.4, 0.5) is 10.5 Å². The summed E-state index contributed by atoms with van der Waals surface area (Å²) in [6.45, 7) is 5.34. The third-order valence-electron chi connectivity index (χ3n) is 3.02. The van der Waals surface area contributed by atoms with E-state index in [1.165, 1.54) is 0 Å². The molecule has 2 amide bonds. The minimum atomic E-state index is -0.883. The van der Waals surface area contributed by atoms with Gasteiger partial charge in [-0.25, -0.2) is 4.79 Å². The topological polar surface area (TPSA) is 84.9 Å². The summed E-state index contributed by atoms with van der Waals surface area (Å²) in [5.74, 6) is -0.544. The summed E-state index contributed by atoms with van der Waals surface area (Å²) in [5, 5.41) is 3.39. The summed E-state index contributed by atoms with van der Waals surface area (Å²) < 4.78 is 5.97. The number of ether oxygens (including phenoxy) is 1. The SMILES string of the molecule is CC(C)(C)OC(=O)N[C@H]1Cc2cc(Br)ccc2N(OC=O)C1=O. The average molecular weight is 385 g/mol. The lowest BCUT2D eigenvalue weighted by atomic mass is 9.99. The fourth-order valence-corrected chi connectivity index (χ4v) is 2.61. The van der Waals surface area contributed by atoms with Crippen LogP contribution in [0, 0.1) is 0 Å². The number of rotatable bonds is 3. The lowest BCUT2D eigenvalue weighted by molar-refractivity contribution is -0.140. The maximum Gasteiger partial charge on any atom is 0.408 e. The minimum absolute atomic E-state index is 0.166. The Morgan fingerprint density at radius 2 is 2.13 bits per heavy atom. The summed E-state index contributed by atoms with van der Waals surface area (Å²) in [4.78, 5) is 39.8. The van der Waals surface area contributed by atoms with Gasteiger partial charge in [0.1, 0.15) is 11.6 Å². The molecule has 1 aliphatic rings. The van der Waals surface area contributed by atoms with Crippen LogP contribution in [0.1, 0.15) is 26.3 Å². The van der Waals surface area contributed by atoms with Crippen LogP contribution in [0.2, 0.25) is 0 Å². The number of hydrogen-bond acceptors (Lipinski definition) is 5. The monoisotopic (exact) mass is 384 g/mol. The van der Waals surface area contributed by atoms with Crippen LogP contribution in [-0.4, -0.2) is 30.1 Å². The molecule has 0 saturated carbocycles. The Morgan fingerprint density at radius 3 is 2.74 bits per heavy atom. The van der Waals surface area contributed by atoms with Gasteiger partial charge in [-0.15, -0.1) is 5.06 Å². The van der Waals surface area contributed by atoms with Crippen molar-refractivity contribution in [2.24, 2.45) is 0 Å². The Hall–Kier alpha value is -2.09. The smallest absolute Gasteiger partial charge is 0.408 e. The third-order valence-corrected chi connectivity index (χ3v) is 3.52. The van der Waals surface area contributed by atoms with E-state index in [9.17, 15) is 14.4 Å². The molecule has 0 aliphatic carbocycles. The fourth-order valence-electron chi connectivity index (χ4n) is 2.20. The summed E-state index contributed by atoms with van der Waals surface area (Å²) in [7, 11) is 0. The van der Waals surface area contributed by atoms with Crippen molar-refractivity contribution in [1.82, 2.24) is 5.32 Å². The molecule has 1 atom stereocenters. The fraction of sp³-hybridized carbons (Fsp3) is 0.400. The normalized spacial score (nSPS) is 17.3. The van der Waals surface area contributed by atoms with Gasteiger partial charge in [0, 0.05) is 10.9 Å². The van der Waals surface area contributed by atoms with Crippen molar-refractivity contribution >= 4 is 40.1 Å². The van der Waals surface area contributed by atoms with E-state index in [-0.39, 0.29) is 12.9 Å². The zero-order valence-corrected chi connectivity index (χ0v) is 14.5. The molecule has 23 heavy (non-hydrogen) atoms. The van der Waals surface area contributed by atoms with E-state index in [0.717, 1.165) is 15.1 Å². The van der Waals surface area contributed by atoms with E-state index >= 15 is 0 Å². The number of halogens is 1. The number of carbonyl (C=O) groups is 3. The van der Waals surface area contributed by atoms with E-state index < -0.39 is 23.6 Å². The predicted molar refractivity (Wildman–Crippen MR) is 85.6 cm³/mol. The van der Waals surface area contributed by atoms with Gasteiger partial charge in [0.2, 0.25) is 0 Å². The number of nitrogens with zero attached hydrogens (tertiary/aromatic N) is 1. The number of carbonyl (C=O) groups excluding carboxylic acids is 3. The van der Waals surface area contributed by atoms with Crippen molar-refractivity contribution in [1.29, 1.82) is 0 Å². The van der Waals surface area contributed by atoms with Crippen molar-refractivity contribution in [2.45, 2.75) is 38.8 Å². The highest BCUT2D eigenvalue weighted by molar-refractivity contribution is 9.10. The Balaban J connectivity index is 2.24. The molecule has 0 fully saturated rings. The van der Waals surface area contributed by atoms with Crippen LogP contribution in [0.5, 0.6) is 0 Å². The molecule has 0 unspecified atom stereocenters. The van der Waals surface area contributed by atoms with E-state index in [0.29, 0.717) is 5.69 Å². The average Bonchev–Trinajstić information content (AvgIpc) is 2.41. The Bertz CT molecular complexity index is 641. The van der Waals surface area contributed by atoms with Crippen LogP contribution in [0.3, 0.4) is 0 Å². The van der Waals surface area contributed by atoms with E-state index in [4.69, 9.17) is 9.57 Å². The molecular weight excluding hydrogens is 368 g/mol. The molecular formula is C15H17BrN2O5. The van der Waals surface area contributed by atoms with Gasteiger partial charge in [-0.3, -0.25) is 9.59 Å². The molecule has 0 radical (unpaired) electrons. The lowest BCUT2D eigenvalue weighted by Gasteiger charge is -2.32. The van der Waals surface area contributed by atoms with Crippen molar-refractivity contribution in [3.8, 4) is 0 Å². The predicted octanol–water partition coefficient (Wildman–Crippen LogP) is 2.32. The molecule has 8 heteroatoms. The molecule has 1 aromatic carbocycles. The largest absolute Gasteiger partial charge is 0.444 e. The minimum Gasteiger partial charge on any atom is -0.444 e. The number of benzene rings is 1. The van der Waals surface area contributed by atoms with Crippen molar-refractivity contribution in [3.05, 3.63) is 28.2 Å². The van der Waals surface area contributed by atoms with E-state index in [1.807, 2.05) is 0 Å². The van der Waals surface area contributed by atoms with Gasteiger partial charge in [-0.1, -0.05) is 15.9 Å². The second-order valence-electron chi connectivity index (χ2n) is 6.01. The van der Waals surface area contributed by atoms with Crippen molar-refractivity contribution in [3.63, 3.8) is 0 Å². The first kappa shape index (κ1) is 17.3. The Morgan fingerprint density at radius 1 is 1.43 bits per heavy atom. The van der Waals surface area contributed by atoms with Crippen LogP contribution >= 0.6 is 15.9 Å². The quantitative estimate of drug-likeness (QED) is 0.808. The van der Waals surface area contributed by atoms with Crippen LogP contribution in [0.25, 0.3) is 0 Å². The van der Waals surface area contributed by atoms with Crippen molar-refractivity contribution in [2.75, 3.05) is 5.06 Å². The van der Waals surface area contributed by atoms with Gasteiger partial charge in [-0.05, 0) is 44.5 Å². The highest BCUT2D eigenvalue weighted by atomic mass is 79.9. The number of nitrogens with one attached hydrogen (secondary N) is 1. The number of anilines is 1. The summed E-state index contributed by atoms with van der Waals surface area (Å²) in [6.07, 6.45) is -0.439. The molecule has 0 aromatic heterocycles. The molecule has 0 spiro atoms. The molecule has 124 valence electrons. The number of amides is 2. The van der Waals surface area contributed by atoms with Gasteiger partial charge in [-0.2, -0.15) is 0 Å². The zero-order chi connectivity index (χ0) is 17.2. The van der Waals surface area contributed by atoms with Crippen LogP contribution < -0.4 is 10.4 Å². The maximum absolute atomic E-state index is 12.4. The lowest BCUT2D eigenvalue weighted by Crippen LogP contribution is -2.53. The van der Waals surface area contributed by atoms with Gasteiger partial charge in [0.05, 0.1) is 5.69 Å². The molecule has 1 N–H and O–H groups in total. The number of hydroxylamine groups is 1.